The quantitative estimate of drug-likeness (QED) is 0.651. The average molecular weight is 336 g/mol. The lowest BCUT2D eigenvalue weighted by molar-refractivity contribution is -0.139. The van der Waals surface area contributed by atoms with Crippen molar-refractivity contribution in [1.82, 2.24) is 0 Å². The lowest BCUT2D eigenvalue weighted by Gasteiger charge is -2.07. The van der Waals surface area contributed by atoms with Crippen LogP contribution < -0.4 is 5.73 Å². The van der Waals surface area contributed by atoms with Gasteiger partial charge < -0.3 is 10.5 Å². The lowest BCUT2D eigenvalue weighted by atomic mass is 10.2. The molecule has 0 unspecified atom stereocenters. The van der Waals surface area contributed by atoms with Crippen molar-refractivity contribution in [2.45, 2.75) is 12.7 Å². The highest BCUT2D eigenvalue weighted by Crippen LogP contribution is 2.25. The molecule has 1 aromatic rings. The van der Waals surface area contributed by atoms with E-state index in [1.807, 2.05) is 0 Å². The number of carbonyl (C=O) groups excluding carboxylic acids is 1. The number of sulfone groups is 1. The van der Waals surface area contributed by atoms with E-state index in [1.54, 1.807) is 25.1 Å². The van der Waals surface area contributed by atoms with Crippen LogP contribution in [0.25, 0.3) is 0 Å². The summed E-state index contributed by atoms with van der Waals surface area (Å²) in [6, 6.07) is 4.96. The first-order valence-electron chi connectivity index (χ1n) is 5.24. The van der Waals surface area contributed by atoms with Gasteiger partial charge in [-0.1, -0.05) is 12.1 Å². The normalized spacial score (nSPS) is 11.2. The van der Waals surface area contributed by atoms with Crippen molar-refractivity contribution < 1.29 is 17.9 Å². The second kappa shape index (κ2) is 6.19. The molecule has 0 fully saturated rings. The van der Waals surface area contributed by atoms with Gasteiger partial charge in [0.05, 0.1) is 12.4 Å². The monoisotopic (exact) mass is 335 g/mol. The number of nitrogens with two attached hydrogens (primary N) is 1. The van der Waals surface area contributed by atoms with Crippen molar-refractivity contribution in [3.63, 3.8) is 0 Å². The van der Waals surface area contributed by atoms with E-state index in [-0.39, 0.29) is 12.4 Å². The maximum Gasteiger partial charge on any atom is 0.321 e. The number of carbonyl (C=O) groups is 1. The second-order valence-corrected chi connectivity index (χ2v) is 6.52. The third-order valence-corrected chi connectivity index (χ3v) is 4.52. The number of hydrogen-bond donors (Lipinski definition) is 1. The molecule has 0 bridgehead atoms. The van der Waals surface area contributed by atoms with E-state index < -0.39 is 21.6 Å². The summed E-state index contributed by atoms with van der Waals surface area (Å²) in [5, 5.41) is 0. The zero-order chi connectivity index (χ0) is 13.8. The summed E-state index contributed by atoms with van der Waals surface area (Å²) in [7, 11) is -3.56. The number of halogens is 1. The maximum atomic E-state index is 11.8. The molecular formula is C11H14BrNO4S. The molecule has 0 radical (unpaired) electrons. The Balaban J connectivity index is 2.83. The minimum Gasteiger partial charge on any atom is -0.465 e. The Hall–Kier alpha value is -1.08. The summed E-state index contributed by atoms with van der Waals surface area (Å²) in [5.74, 6) is -1.61. The molecule has 5 nitrogen and oxygen atoms in total. The molecule has 100 valence electrons. The Morgan fingerprint density at radius 2 is 2.11 bits per heavy atom. The van der Waals surface area contributed by atoms with Gasteiger partial charge in [0, 0.05) is 10.2 Å². The highest BCUT2D eigenvalue weighted by Gasteiger charge is 2.19. The first-order valence-corrected chi connectivity index (χ1v) is 7.86. The van der Waals surface area contributed by atoms with Crippen molar-refractivity contribution in [3.05, 3.63) is 28.2 Å². The zero-order valence-electron chi connectivity index (χ0n) is 9.85. The first-order chi connectivity index (χ1) is 8.35. The fraction of sp³-hybridized carbons (Fsp3) is 0.364. The summed E-state index contributed by atoms with van der Waals surface area (Å²) >= 11 is 3.22. The van der Waals surface area contributed by atoms with Crippen LogP contribution in [0.2, 0.25) is 0 Å². The number of anilines is 1. The zero-order valence-corrected chi connectivity index (χ0v) is 12.3. The molecule has 0 aliphatic heterocycles. The first kappa shape index (κ1) is 15.0. The SMILES string of the molecule is CCOC(=O)CS(=O)(=O)Cc1cccc(N)c1Br. The highest BCUT2D eigenvalue weighted by molar-refractivity contribution is 9.10. The van der Waals surface area contributed by atoms with Crippen molar-refractivity contribution in [2.75, 3.05) is 18.1 Å². The predicted molar refractivity (Wildman–Crippen MR) is 72.7 cm³/mol. The van der Waals surface area contributed by atoms with Gasteiger partial charge in [0.25, 0.3) is 0 Å². The Morgan fingerprint density at radius 3 is 2.72 bits per heavy atom. The lowest BCUT2D eigenvalue weighted by Crippen LogP contribution is -2.20. The summed E-state index contributed by atoms with van der Waals surface area (Å²) < 4.78 is 28.7. The Kier molecular flexibility index (Phi) is 5.15. The molecule has 0 amide bonds. The topological polar surface area (TPSA) is 86.5 Å². The van der Waals surface area contributed by atoms with E-state index in [1.165, 1.54) is 0 Å². The van der Waals surface area contributed by atoms with E-state index >= 15 is 0 Å². The van der Waals surface area contributed by atoms with Crippen molar-refractivity contribution >= 4 is 37.4 Å². The maximum absolute atomic E-state index is 11.8. The Labute approximate surface area is 114 Å². The minimum atomic E-state index is -3.56. The molecule has 0 heterocycles. The molecule has 0 saturated heterocycles. The van der Waals surface area contributed by atoms with Gasteiger partial charge >= 0.3 is 5.97 Å². The second-order valence-electron chi connectivity index (χ2n) is 3.66. The van der Waals surface area contributed by atoms with Crippen molar-refractivity contribution in [2.24, 2.45) is 0 Å². The molecule has 0 aliphatic rings. The Morgan fingerprint density at radius 1 is 1.44 bits per heavy atom. The Bertz CT molecular complexity index is 542. The van der Waals surface area contributed by atoms with E-state index in [0.717, 1.165) is 0 Å². The molecular weight excluding hydrogens is 322 g/mol. The number of hydrogen-bond acceptors (Lipinski definition) is 5. The largest absolute Gasteiger partial charge is 0.465 e. The molecule has 0 spiro atoms. The third-order valence-electron chi connectivity index (χ3n) is 2.13. The van der Waals surface area contributed by atoms with Crippen LogP contribution in [0.5, 0.6) is 0 Å². The molecule has 0 atom stereocenters. The van der Waals surface area contributed by atoms with Gasteiger partial charge in [-0.3, -0.25) is 4.79 Å². The van der Waals surface area contributed by atoms with E-state index in [2.05, 4.69) is 20.7 Å². The van der Waals surface area contributed by atoms with Crippen LogP contribution in [-0.2, 0) is 25.1 Å². The van der Waals surface area contributed by atoms with E-state index in [0.29, 0.717) is 15.7 Å². The van der Waals surface area contributed by atoms with Crippen LogP contribution in [0.4, 0.5) is 5.69 Å². The molecule has 7 heteroatoms. The van der Waals surface area contributed by atoms with Gasteiger partial charge in [-0.2, -0.15) is 0 Å². The third kappa shape index (κ3) is 4.30. The summed E-state index contributed by atoms with van der Waals surface area (Å²) in [5.41, 5.74) is 6.64. The van der Waals surface area contributed by atoms with Gasteiger partial charge in [-0.15, -0.1) is 0 Å². The fourth-order valence-corrected chi connectivity index (χ4v) is 3.23. The van der Waals surface area contributed by atoms with Gasteiger partial charge in [-0.25, -0.2) is 8.42 Å². The van der Waals surface area contributed by atoms with E-state index in [9.17, 15) is 13.2 Å². The molecule has 1 aromatic carbocycles. The number of ether oxygens (including phenoxy) is 1. The molecule has 1 rings (SSSR count). The molecule has 2 N–H and O–H groups in total. The molecule has 0 aliphatic carbocycles. The summed E-state index contributed by atoms with van der Waals surface area (Å²) in [4.78, 5) is 11.2. The summed E-state index contributed by atoms with van der Waals surface area (Å²) in [6.07, 6.45) is 0. The van der Waals surface area contributed by atoms with Crippen LogP contribution >= 0.6 is 15.9 Å². The van der Waals surface area contributed by atoms with Crippen LogP contribution in [-0.4, -0.2) is 26.7 Å². The van der Waals surface area contributed by atoms with Crippen LogP contribution in [0.15, 0.2) is 22.7 Å². The smallest absolute Gasteiger partial charge is 0.321 e. The minimum absolute atomic E-state index is 0.163. The fourth-order valence-electron chi connectivity index (χ4n) is 1.38. The predicted octanol–water partition coefficient (Wildman–Crippen LogP) is 1.51. The number of rotatable bonds is 5. The number of nitrogen functional groups attached to an aromatic ring is 1. The van der Waals surface area contributed by atoms with E-state index in [4.69, 9.17) is 5.73 Å². The standard InChI is InChI=1S/C11H14BrNO4S/c1-2-17-10(14)7-18(15,16)6-8-4-3-5-9(13)11(8)12/h3-5H,2,6-7,13H2,1H3. The number of esters is 1. The van der Waals surface area contributed by atoms with Crippen molar-refractivity contribution in [3.8, 4) is 0 Å². The van der Waals surface area contributed by atoms with Gasteiger partial charge in [-0.05, 0) is 34.5 Å². The van der Waals surface area contributed by atoms with Gasteiger partial charge in [0.2, 0.25) is 0 Å². The highest BCUT2D eigenvalue weighted by atomic mass is 79.9. The van der Waals surface area contributed by atoms with Crippen LogP contribution in [0, 0.1) is 0 Å². The summed E-state index contributed by atoms with van der Waals surface area (Å²) in [6.45, 7) is 1.79. The van der Waals surface area contributed by atoms with Gasteiger partial charge in [0.1, 0.15) is 5.75 Å². The van der Waals surface area contributed by atoms with Gasteiger partial charge in [0.15, 0.2) is 9.84 Å². The van der Waals surface area contributed by atoms with Crippen LogP contribution in [0.3, 0.4) is 0 Å². The molecule has 0 aromatic heterocycles. The number of benzene rings is 1. The molecule has 18 heavy (non-hydrogen) atoms. The van der Waals surface area contributed by atoms with Crippen LogP contribution in [0.1, 0.15) is 12.5 Å². The average Bonchev–Trinajstić information content (AvgIpc) is 2.24. The molecule has 0 saturated carbocycles. The van der Waals surface area contributed by atoms with Crippen molar-refractivity contribution in [1.29, 1.82) is 0 Å².